The van der Waals surface area contributed by atoms with Crippen LogP contribution in [0.25, 0.3) is 0 Å². The third-order valence-electron chi connectivity index (χ3n) is 4.28. The van der Waals surface area contributed by atoms with Gasteiger partial charge in [-0.15, -0.1) is 0 Å². The van der Waals surface area contributed by atoms with Crippen molar-refractivity contribution in [3.8, 4) is 0 Å². The van der Waals surface area contributed by atoms with Gasteiger partial charge in [-0.2, -0.15) is 0 Å². The van der Waals surface area contributed by atoms with E-state index < -0.39 is 0 Å². The van der Waals surface area contributed by atoms with Crippen molar-refractivity contribution in [3.05, 3.63) is 28.7 Å². The number of rotatable bonds is 2. The number of ketones is 1. The van der Waals surface area contributed by atoms with Crippen LogP contribution in [-0.4, -0.2) is 17.3 Å². The van der Waals surface area contributed by atoms with Crippen LogP contribution in [0, 0.1) is 0 Å². The van der Waals surface area contributed by atoms with Gasteiger partial charge in [0.2, 0.25) is 0 Å². The molecule has 1 aromatic carbocycles. The van der Waals surface area contributed by atoms with Crippen molar-refractivity contribution in [2.45, 2.75) is 51.1 Å². The van der Waals surface area contributed by atoms with E-state index in [0.29, 0.717) is 5.84 Å². The molecule has 1 fully saturated rings. The molecule has 0 bridgehead atoms. The van der Waals surface area contributed by atoms with E-state index in [4.69, 9.17) is 4.99 Å². The molecule has 1 aliphatic heterocycles. The first-order valence-corrected chi connectivity index (χ1v) is 8.33. The number of hydrazine groups is 1. The predicted octanol–water partition coefficient (Wildman–Crippen LogP) is 3.81. The van der Waals surface area contributed by atoms with Crippen molar-refractivity contribution in [1.29, 1.82) is 0 Å². The Morgan fingerprint density at radius 2 is 1.81 bits per heavy atom. The lowest BCUT2D eigenvalue weighted by Crippen LogP contribution is -2.50. The van der Waals surface area contributed by atoms with Crippen molar-refractivity contribution >= 4 is 33.2 Å². The van der Waals surface area contributed by atoms with Gasteiger partial charge in [0.25, 0.3) is 0 Å². The van der Waals surface area contributed by atoms with Crippen LogP contribution in [0.5, 0.6) is 0 Å². The number of hydrogen-bond donors (Lipinski definition) is 1. The van der Waals surface area contributed by atoms with Crippen molar-refractivity contribution in [2.75, 3.05) is 5.01 Å². The van der Waals surface area contributed by atoms with Crippen LogP contribution in [0.3, 0.4) is 0 Å². The Bertz CT molecular complexity index is 559. The molecule has 112 valence electrons. The second-order valence-electron chi connectivity index (χ2n) is 5.84. The Kier molecular flexibility index (Phi) is 4.02. The Labute approximate surface area is 133 Å². The Balaban J connectivity index is 1.98. The number of Topliss-reactive ketones (excluding diaryl/α,β-unsaturated/α-hetero) is 1. The van der Waals surface area contributed by atoms with E-state index in [1.165, 1.54) is 12.8 Å². The maximum atomic E-state index is 11.8. The molecule has 0 amide bonds. The molecule has 2 aliphatic rings. The smallest absolute Gasteiger partial charge is 0.196 e. The molecule has 1 aromatic rings. The Morgan fingerprint density at radius 3 is 2.38 bits per heavy atom. The molecular weight excluding hydrogens is 330 g/mol. The number of nitrogens with zero attached hydrogens (tertiary/aromatic N) is 2. The molecule has 21 heavy (non-hydrogen) atoms. The molecule has 0 saturated heterocycles. The summed E-state index contributed by atoms with van der Waals surface area (Å²) in [5.74, 6) is 0.484. The number of anilines is 1. The van der Waals surface area contributed by atoms with Gasteiger partial charge < -0.3 is 0 Å². The highest BCUT2D eigenvalue weighted by atomic mass is 79.9. The lowest BCUT2D eigenvalue weighted by molar-refractivity contribution is -0.111. The summed E-state index contributed by atoms with van der Waals surface area (Å²) in [6.45, 7) is 1.57. The molecular formula is C16H20BrN3O. The van der Waals surface area contributed by atoms with Crippen molar-refractivity contribution in [3.63, 3.8) is 0 Å². The first kappa shape index (κ1) is 14.6. The number of aliphatic imine (C=N–C) groups is 1. The van der Waals surface area contributed by atoms with Gasteiger partial charge in [-0.1, -0.05) is 28.8 Å². The predicted molar refractivity (Wildman–Crippen MR) is 88.3 cm³/mol. The zero-order chi connectivity index (χ0) is 14.9. The second kappa shape index (κ2) is 5.79. The number of amidine groups is 1. The number of hydrogen-bond acceptors (Lipinski definition) is 4. The van der Waals surface area contributed by atoms with E-state index in [2.05, 4.69) is 38.5 Å². The summed E-state index contributed by atoms with van der Waals surface area (Å²) in [6, 6.07) is 8.16. The van der Waals surface area contributed by atoms with Gasteiger partial charge in [-0.25, -0.2) is 4.99 Å². The third kappa shape index (κ3) is 2.84. The average molecular weight is 350 g/mol. The van der Waals surface area contributed by atoms with E-state index in [1.54, 1.807) is 6.92 Å². The number of benzene rings is 1. The summed E-state index contributed by atoms with van der Waals surface area (Å²) in [6.07, 6.45) is 6.80. The van der Waals surface area contributed by atoms with Crippen LogP contribution in [0.15, 0.2) is 33.7 Å². The van der Waals surface area contributed by atoms with Crippen molar-refractivity contribution in [2.24, 2.45) is 4.99 Å². The minimum Gasteiger partial charge on any atom is -0.291 e. The van der Waals surface area contributed by atoms with E-state index in [9.17, 15) is 4.79 Å². The second-order valence-corrected chi connectivity index (χ2v) is 6.75. The Morgan fingerprint density at radius 1 is 1.19 bits per heavy atom. The number of halogens is 1. The fraction of sp³-hybridized carbons (Fsp3) is 0.500. The molecule has 4 nitrogen and oxygen atoms in total. The standard InChI is InChI=1S/C16H20BrN3O/c1-12(21)15-18-16(10-4-2-3-5-11-16)20(19-15)14-8-6-13(17)7-9-14/h6-9H,2-5,10-11H2,1H3,(H,18,19). The zero-order valence-electron chi connectivity index (χ0n) is 12.2. The van der Waals surface area contributed by atoms with Crippen LogP contribution in [0.4, 0.5) is 5.69 Å². The summed E-state index contributed by atoms with van der Waals surface area (Å²) in [5.41, 5.74) is 3.99. The quantitative estimate of drug-likeness (QED) is 0.882. The molecule has 1 saturated carbocycles. The maximum absolute atomic E-state index is 11.8. The molecule has 1 aliphatic carbocycles. The van der Waals surface area contributed by atoms with Crippen LogP contribution in [0.1, 0.15) is 45.4 Å². The molecule has 1 heterocycles. The summed E-state index contributed by atoms with van der Waals surface area (Å²) >= 11 is 3.47. The molecule has 0 unspecified atom stereocenters. The summed E-state index contributed by atoms with van der Waals surface area (Å²) in [4.78, 5) is 16.6. The van der Waals surface area contributed by atoms with Gasteiger partial charge in [0, 0.05) is 11.4 Å². The zero-order valence-corrected chi connectivity index (χ0v) is 13.8. The maximum Gasteiger partial charge on any atom is 0.196 e. The lowest BCUT2D eigenvalue weighted by atomic mass is 10.00. The largest absolute Gasteiger partial charge is 0.291 e. The molecule has 0 radical (unpaired) electrons. The molecule has 0 atom stereocenters. The SMILES string of the molecule is CC(=O)C1=NC2(CCCCCC2)N(c2ccc(Br)cc2)N1. The minimum atomic E-state index is -0.300. The third-order valence-corrected chi connectivity index (χ3v) is 4.81. The van der Waals surface area contributed by atoms with Gasteiger partial charge in [0.15, 0.2) is 17.3 Å². The summed E-state index contributed by atoms with van der Waals surface area (Å²) < 4.78 is 1.05. The first-order chi connectivity index (χ1) is 10.1. The normalized spacial score (nSPS) is 20.9. The van der Waals surface area contributed by atoms with Gasteiger partial charge in [0.05, 0.1) is 5.69 Å². The number of nitrogens with one attached hydrogen (secondary N) is 1. The highest BCUT2D eigenvalue weighted by Gasteiger charge is 2.43. The van der Waals surface area contributed by atoms with E-state index in [0.717, 1.165) is 35.8 Å². The fourth-order valence-corrected chi connectivity index (χ4v) is 3.44. The van der Waals surface area contributed by atoms with Crippen LogP contribution < -0.4 is 10.4 Å². The van der Waals surface area contributed by atoms with Gasteiger partial charge >= 0.3 is 0 Å². The Hall–Kier alpha value is -1.36. The van der Waals surface area contributed by atoms with Crippen molar-refractivity contribution in [1.82, 2.24) is 5.43 Å². The average Bonchev–Trinajstić information content (AvgIpc) is 2.67. The minimum absolute atomic E-state index is 0.00164. The monoisotopic (exact) mass is 349 g/mol. The number of carbonyl (C=O) groups is 1. The molecule has 5 heteroatoms. The van der Waals surface area contributed by atoms with Crippen LogP contribution >= 0.6 is 15.9 Å². The molecule has 0 aromatic heterocycles. The van der Waals surface area contributed by atoms with E-state index >= 15 is 0 Å². The van der Waals surface area contributed by atoms with Gasteiger partial charge in [0.1, 0.15) is 0 Å². The number of carbonyl (C=O) groups excluding carboxylic acids is 1. The van der Waals surface area contributed by atoms with Gasteiger partial charge in [-0.05, 0) is 49.9 Å². The first-order valence-electron chi connectivity index (χ1n) is 7.54. The van der Waals surface area contributed by atoms with Crippen LogP contribution in [-0.2, 0) is 4.79 Å². The van der Waals surface area contributed by atoms with E-state index in [1.807, 2.05) is 12.1 Å². The molecule has 1 spiro atoms. The highest BCUT2D eigenvalue weighted by molar-refractivity contribution is 9.10. The fourth-order valence-electron chi connectivity index (χ4n) is 3.18. The van der Waals surface area contributed by atoms with Crippen LogP contribution in [0.2, 0.25) is 0 Å². The summed E-state index contributed by atoms with van der Waals surface area (Å²) in [5, 5.41) is 2.10. The topological polar surface area (TPSA) is 44.7 Å². The lowest BCUT2D eigenvalue weighted by Gasteiger charge is -2.36. The molecule has 1 N–H and O–H groups in total. The van der Waals surface area contributed by atoms with E-state index in [-0.39, 0.29) is 11.4 Å². The molecule has 3 rings (SSSR count). The highest BCUT2D eigenvalue weighted by Crippen LogP contribution is 2.38. The van der Waals surface area contributed by atoms with Crippen molar-refractivity contribution < 1.29 is 4.79 Å². The van der Waals surface area contributed by atoms with Gasteiger partial charge in [-0.3, -0.25) is 15.2 Å². The summed E-state index contributed by atoms with van der Waals surface area (Å²) in [7, 11) is 0.